The number of aromatic nitrogens is 2. The molecule has 8 nitrogen and oxygen atoms in total. The van der Waals surface area contributed by atoms with Gasteiger partial charge in [-0.3, -0.25) is 9.89 Å². The first-order valence-electron chi connectivity index (χ1n) is 5.92. The average Bonchev–Trinajstić information content (AvgIpc) is 2.72. The molecular weight excluding hydrogens is 270 g/mol. The van der Waals surface area contributed by atoms with Crippen LogP contribution in [0.1, 0.15) is 23.3 Å². The van der Waals surface area contributed by atoms with Gasteiger partial charge in [0.1, 0.15) is 5.69 Å². The lowest BCUT2D eigenvalue weighted by molar-refractivity contribution is 0.0698. The molecule has 0 radical (unpaired) electrons. The number of anilines is 1. The van der Waals surface area contributed by atoms with Crippen LogP contribution < -0.4 is 10.5 Å². The Balaban J connectivity index is 2.05. The summed E-state index contributed by atoms with van der Waals surface area (Å²) in [5.74, 6) is -0.255. The molecule has 0 bridgehead atoms. The van der Waals surface area contributed by atoms with Crippen LogP contribution in [0, 0.1) is 0 Å². The van der Waals surface area contributed by atoms with Crippen molar-refractivity contribution in [3.05, 3.63) is 11.9 Å². The summed E-state index contributed by atoms with van der Waals surface area (Å²) in [6, 6.07) is -0.253. The van der Waals surface area contributed by atoms with Crippen LogP contribution in [0.4, 0.5) is 5.69 Å². The first-order chi connectivity index (χ1) is 8.87. The molecule has 1 aromatic heterocycles. The minimum atomic E-state index is -3.27. The van der Waals surface area contributed by atoms with E-state index in [9.17, 15) is 13.2 Å². The highest BCUT2D eigenvalue weighted by Crippen LogP contribution is 2.16. The molecule has 1 aliphatic rings. The number of nitrogens with zero attached hydrogens (tertiary/aromatic N) is 2. The zero-order chi connectivity index (χ0) is 14.0. The van der Waals surface area contributed by atoms with E-state index in [4.69, 9.17) is 5.73 Å². The highest BCUT2D eigenvalue weighted by Gasteiger charge is 2.27. The Morgan fingerprint density at radius 3 is 2.95 bits per heavy atom. The maximum absolute atomic E-state index is 12.2. The van der Waals surface area contributed by atoms with Gasteiger partial charge in [-0.05, 0) is 12.8 Å². The van der Waals surface area contributed by atoms with Crippen molar-refractivity contribution < 1.29 is 13.2 Å². The summed E-state index contributed by atoms with van der Waals surface area (Å²) in [4.78, 5) is 13.8. The third-order valence-corrected chi connectivity index (χ3v) is 3.73. The van der Waals surface area contributed by atoms with Crippen molar-refractivity contribution in [2.24, 2.45) is 0 Å². The molecule has 106 valence electrons. The standard InChI is InChI=1S/C10H17N5O3S/c1-19(17,18)14-7-3-2-4-15(6-7)10(16)9-8(11)5-12-13-9/h5,7,14H,2-4,6,11H2,1H3,(H,12,13). The second-order valence-corrected chi connectivity index (χ2v) is 6.46. The number of hydrogen-bond donors (Lipinski definition) is 3. The van der Waals surface area contributed by atoms with E-state index < -0.39 is 10.0 Å². The Hall–Kier alpha value is -1.61. The number of piperidine rings is 1. The number of likely N-dealkylation sites (tertiary alicyclic amines) is 1. The largest absolute Gasteiger partial charge is 0.396 e. The van der Waals surface area contributed by atoms with Crippen molar-refractivity contribution in [3.8, 4) is 0 Å². The predicted molar refractivity (Wildman–Crippen MR) is 69.9 cm³/mol. The van der Waals surface area contributed by atoms with Gasteiger partial charge in [0, 0.05) is 19.1 Å². The van der Waals surface area contributed by atoms with E-state index in [1.165, 1.54) is 6.20 Å². The molecular formula is C10H17N5O3S. The Bertz CT molecular complexity index is 567. The van der Waals surface area contributed by atoms with Gasteiger partial charge in [-0.15, -0.1) is 0 Å². The van der Waals surface area contributed by atoms with Crippen molar-refractivity contribution in [1.29, 1.82) is 0 Å². The predicted octanol–water partition coefficient (Wildman–Crippen LogP) is -0.854. The summed E-state index contributed by atoms with van der Waals surface area (Å²) in [5, 5.41) is 6.27. The van der Waals surface area contributed by atoms with Crippen molar-refractivity contribution in [1.82, 2.24) is 19.8 Å². The summed E-state index contributed by atoms with van der Waals surface area (Å²) < 4.78 is 24.9. The smallest absolute Gasteiger partial charge is 0.274 e. The number of amides is 1. The number of aromatic amines is 1. The fraction of sp³-hybridized carbons (Fsp3) is 0.600. The summed E-state index contributed by atoms with van der Waals surface area (Å²) in [5.41, 5.74) is 6.18. The zero-order valence-corrected chi connectivity index (χ0v) is 11.4. The minimum absolute atomic E-state index is 0.250. The van der Waals surface area contributed by atoms with E-state index in [1.807, 2.05) is 0 Å². The molecule has 1 aliphatic heterocycles. The highest BCUT2D eigenvalue weighted by molar-refractivity contribution is 7.88. The van der Waals surface area contributed by atoms with Gasteiger partial charge in [0.2, 0.25) is 10.0 Å². The Morgan fingerprint density at radius 2 is 2.37 bits per heavy atom. The molecule has 1 unspecified atom stereocenters. The van der Waals surface area contributed by atoms with Gasteiger partial charge in [-0.25, -0.2) is 13.1 Å². The number of H-pyrrole nitrogens is 1. The summed E-state index contributed by atoms with van der Waals surface area (Å²) in [6.45, 7) is 0.920. The number of sulfonamides is 1. The molecule has 0 aliphatic carbocycles. The normalized spacial score (nSPS) is 20.5. The van der Waals surface area contributed by atoms with E-state index >= 15 is 0 Å². The van der Waals surface area contributed by atoms with Crippen LogP contribution in [-0.4, -0.2) is 54.8 Å². The number of carbonyl (C=O) groups is 1. The fourth-order valence-corrected chi connectivity index (χ4v) is 2.98. The van der Waals surface area contributed by atoms with Gasteiger partial charge in [0.25, 0.3) is 5.91 Å². The zero-order valence-electron chi connectivity index (χ0n) is 10.6. The maximum atomic E-state index is 12.2. The number of carbonyl (C=O) groups excluding carboxylic acids is 1. The van der Waals surface area contributed by atoms with E-state index in [-0.39, 0.29) is 17.6 Å². The summed E-state index contributed by atoms with van der Waals surface area (Å²) in [6.07, 6.45) is 3.95. The van der Waals surface area contributed by atoms with Crippen LogP contribution in [0.15, 0.2) is 6.20 Å². The molecule has 4 N–H and O–H groups in total. The molecule has 1 fully saturated rings. The fourth-order valence-electron chi connectivity index (χ4n) is 2.19. The van der Waals surface area contributed by atoms with E-state index in [2.05, 4.69) is 14.9 Å². The second-order valence-electron chi connectivity index (χ2n) is 4.68. The lowest BCUT2D eigenvalue weighted by Gasteiger charge is -2.32. The van der Waals surface area contributed by atoms with Crippen LogP contribution in [0.25, 0.3) is 0 Å². The van der Waals surface area contributed by atoms with Gasteiger partial charge in [0.05, 0.1) is 18.1 Å². The topological polar surface area (TPSA) is 121 Å². The molecule has 0 aromatic carbocycles. The van der Waals surface area contributed by atoms with Gasteiger partial charge >= 0.3 is 0 Å². The molecule has 1 amide bonds. The van der Waals surface area contributed by atoms with E-state index in [0.717, 1.165) is 19.1 Å². The molecule has 0 saturated carbocycles. The minimum Gasteiger partial charge on any atom is -0.396 e. The number of rotatable bonds is 3. The van der Waals surface area contributed by atoms with Crippen LogP contribution in [-0.2, 0) is 10.0 Å². The first-order valence-corrected chi connectivity index (χ1v) is 7.81. The van der Waals surface area contributed by atoms with E-state index in [0.29, 0.717) is 18.8 Å². The lowest BCUT2D eigenvalue weighted by atomic mass is 10.1. The maximum Gasteiger partial charge on any atom is 0.274 e. The number of hydrogen-bond acceptors (Lipinski definition) is 5. The third kappa shape index (κ3) is 3.44. The van der Waals surface area contributed by atoms with Crippen LogP contribution in [0.5, 0.6) is 0 Å². The molecule has 0 spiro atoms. The SMILES string of the molecule is CS(=O)(=O)NC1CCCN(C(=O)c2[nH]ncc2N)C1. The van der Waals surface area contributed by atoms with Crippen LogP contribution in [0.3, 0.4) is 0 Å². The number of nitrogen functional groups attached to an aromatic ring is 1. The van der Waals surface area contributed by atoms with Crippen LogP contribution in [0.2, 0.25) is 0 Å². The molecule has 2 rings (SSSR count). The van der Waals surface area contributed by atoms with E-state index in [1.54, 1.807) is 4.90 Å². The van der Waals surface area contributed by atoms with Crippen molar-refractivity contribution in [2.75, 3.05) is 25.1 Å². The Labute approximate surface area is 111 Å². The third-order valence-electron chi connectivity index (χ3n) is 2.97. The summed E-state index contributed by atoms with van der Waals surface area (Å²) in [7, 11) is -3.27. The average molecular weight is 287 g/mol. The molecule has 2 heterocycles. The van der Waals surface area contributed by atoms with Gasteiger partial charge in [0.15, 0.2) is 0 Å². The van der Waals surface area contributed by atoms with Gasteiger partial charge in [-0.1, -0.05) is 0 Å². The molecule has 1 atom stereocenters. The Kier molecular flexibility index (Phi) is 3.76. The van der Waals surface area contributed by atoms with Gasteiger partial charge < -0.3 is 10.6 Å². The Morgan fingerprint density at radius 1 is 1.63 bits per heavy atom. The van der Waals surface area contributed by atoms with Crippen molar-refractivity contribution in [2.45, 2.75) is 18.9 Å². The first kappa shape index (κ1) is 13.8. The van der Waals surface area contributed by atoms with Crippen LogP contribution >= 0.6 is 0 Å². The quantitative estimate of drug-likeness (QED) is 0.668. The molecule has 19 heavy (non-hydrogen) atoms. The lowest BCUT2D eigenvalue weighted by Crippen LogP contribution is -2.49. The van der Waals surface area contributed by atoms with Crippen molar-refractivity contribution in [3.63, 3.8) is 0 Å². The molecule has 1 aromatic rings. The monoisotopic (exact) mass is 287 g/mol. The molecule has 1 saturated heterocycles. The summed E-state index contributed by atoms with van der Waals surface area (Å²) >= 11 is 0. The number of nitrogens with one attached hydrogen (secondary N) is 2. The van der Waals surface area contributed by atoms with Crippen molar-refractivity contribution >= 4 is 21.6 Å². The highest BCUT2D eigenvalue weighted by atomic mass is 32.2. The van der Waals surface area contributed by atoms with Gasteiger partial charge in [-0.2, -0.15) is 5.10 Å². The number of nitrogens with two attached hydrogens (primary N) is 1. The second kappa shape index (κ2) is 5.17. The molecule has 9 heteroatoms.